The maximum Gasteiger partial charge on any atom is 0.163 e. The van der Waals surface area contributed by atoms with Crippen LogP contribution in [0.4, 0.5) is 5.82 Å². The monoisotopic (exact) mass is 247 g/mol. The molecular weight excluding hydrogens is 230 g/mol. The zero-order valence-electron chi connectivity index (χ0n) is 10.8. The average molecular weight is 247 g/mol. The first kappa shape index (κ1) is 11.4. The number of hydrogen-bond donors (Lipinski definition) is 2. The first-order valence-electron chi connectivity index (χ1n) is 6.07. The maximum atomic E-state index is 9.75. The summed E-state index contributed by atoms with van der Waals surface area (Å²) in [5.74, 6) is 0.790. The van der Waals surface area contributed by atoms with Crippen LogP contribution in [-0.4, -0.2) is 37.0 Å². The van der Waals surface area contributed by atoms with E-state index in [1.807, 2.05) is 7.05 Å². The van der Waals surface area contributed by atoms with Crippen molar-refractivity contribution in [3.8, 4) is 0 Å². The largest absolute Gasteiger partial charge is 0.392 e. The SMILES string of the molecule is Cn1ncc2c(NC3CC(O)C3(C)C)ncnc21. The molecule has 2 aromatic heterocycles. The van der Waals surface area contributed by atoms with Gasteiger partial charge in [0.25, 0.3) is 0 Å². The van der Waals surface area contributed by atoms with Crippen molar-refractivity contribution in [2.45, 2.75) is 32.4 Å². The highest BCUT2D eigenvalue weighted by atomic mass is 16.3. The summed E-state index contributed by atoms with van der Waals surface area (Å²) in [7, 11) is 1.86. The Bertz CT molecular complexity index is 591. The first-order chi connectivity index (χ1) is 8.50. The Balaban J connectivity index is 1.92. The zero-order chi connectivity index (χ0) is 12.9. The summed E-state index contributed by atoms with van der Waals surface area (Å²) >= 11 is 0. The molecule has 3 rings (SSSR count). The summed E-state index contributed by atoms with van der Waals surface area (Å²) in [6.07, 6.45) is 3.80. The quantitative estimate of drug-likeness (QED) is 0.825. The van der Waals surface area contributed by atoms with Gasteiger partial charge in [-0.05, 0) is 6.42 Å². The van der Waals surface area contributed by atoms with Gasteiger partial charge in [-0.2, -0.15) is 5.10 Å². The molecule has 0 aromatic carbocycles. The van der Waals surface area contributed by atoms with Gasteiger partial charge in [0.05, 0.1) is 17.7 Å². The molecule has 0 saturated heterocycles. The van der Waals surface area contributed by atoms with Crippen molar-refractivity contribution in [2.24, 2.45) is 12.5 Å². The lowest BCUT2D eigenvalue weighted by Crippen LogP contribution is -2.57. The Hall–Kier alpha value is -1.69. The van der Waals surface area contributed by atoms with Crippen LogP contribution in [-0.2, 0) is 7.05 Å². The molecule has 6 heteroatoms. The molecule has 0 amide bonds. The van der Waals surface area contributed by atoms with Crippen LogP contribution in [0.3, 0.4) is 0 Å². The van der Waals surface area contributed by atoms with E-state index in [0.717, 1.165) is 23.3 Å². The molecule has 18 heavy (non-hydrogen) atoms. The fourth-order valence-corrected chi connectivity index (χ4v) is 2.39. The second kappa shape index (κ2) is 3.65. The Kier molecular flexibility index (Phi) is 2.31. The predicted molar refractivity (Wildman–Crippen MR) is 68.1 cm³/mol. The van der Waals surface area contributed by atoms with Gasteiger partial charge in [-0.15, -0.1) is 0 Å². The summed E-state index contributed by atoms with van der Waals surface area (Å²) in [6.45, 7) is 4.11. The lowest BCUT2D eigenvalue weighted by atomic mass is 9.64. The Morgan fingerprint density at radius 3 is 2.89 bits per heavy atom. The number of aliphatic hydroxyl groups is 1. The van der Waals surface area contributed by atoms with Crippen LogP contribution < -0.4 is 5.32 Å². The van der Waals surface area contributed by atoms with Gasteiger partial charge in [-0.3, -0.25) is 4.68 Å². The molecule has 2 aromatic rings. The molecule has 0 aliphatic heterocycles. The number of aromatic nitrogens is 4. The van der Waals surface area contributed by atoms with Crippen molar-refractivity contribution in [1.82, 2.24) is 19.7 Å². The van der Waals surface area contributed by atoms with Gasteiger partial charge in [0.15, 0.2) is 5.65 Å². The molecule has 2 heterocycles. The second-order valence-electron chi connectivity index (χ2n) is 5.50. The molecule has 1 saturated carbocycles. The smallest absolute Gasteiger partial charge is 0.163 e. The molecule has 2 atom stereocenters. The van der Waals surface area contributed by atoms with Crippen molar-refractivity contribution in [3.05, 3.63) is 12.5 Å². The van der Waals surface area contributed by atoms with E-state index in [2.05, 4.69) is 34.2 Å². The number of aryl methyl sites for hydroxylation is 1. The summed E-state index contributed by atoms with van der Waals surface area (Å²) < 4.78 is 1.73. The minimum Gasteiger partial charge on any atom is -0.392 e. The van der Waals surface area contributed by atoms with Crippen LogP contribution in [0.2, 0.25) is 0 Å². The zero-order valence-corrected chi connectivity index (χ0v) is 10.8. The molecule has 2 N–H and O–H groups in total. The molecular formula is C12H17N5O. The number of nitrogens with zero attached hydrogens (tertiary/aromatic N) is 4. The maximum absolute atomic E-state index is 9.75. The topological polar surface area (TPSA) is 75.9 Å². The van der Waals surface area contributed by atoms with Gasteiger partial charge in [0.2, 0.25) is 0 Å². The number of fused-ring (bicyclic) bond motifs is 1. The van der Waals surface area contributed by atoms with E-state index in [-0.39, 0.29) is 17.6 Å². The van der Waals surface area contributed by atoms with Crippen LogP contribution in [0.5, 0.6) is 0 Å². The third-order valence-electron chi connectivity index (χ3n) is 4.06. The number of anilines is 1. The molecule has 96 valence electrons. The van der Waals surface area contributed by atoms with Crippen LogP contribution in [0, 0.1) is 5.41 Å². The van der Waals surface area contributed by atoms with E-state index < -0.39 is 0 Å². The van der Waals surface area contributed by atoms with Crippen molar-refractivity contribution in [1.29, 1.82) is 0 Å². The molecule has 1 aliphatic carbocycles. The van der Waals surface area contributed by atoms with Crippen molar-refractivity contribution in [3.63, 3.8) is 0 Å². The van der Waals surface area contributed by atoms with Crippen LogP contribution in [0.25, 0.3) is 11.0 Å². The van der Waals surface area contributed by atoms with Gasteiger partial charge in [-0.25, -0.2) is 9.97 Å². The molecule has 2 unspecified atom stereocenters. The minimum atomic E-state index is -0.249. The third kappa shape index (κ3) is 1.49. The van der Waals surface area contributed by atoms with E-state index in [0.29, 0.717) is 0 Å². The molecule has 1 fully saturated rings. The number of rotatable bonds is 2. The number of hydrogen-bond acceptors (Lipinski definition) is 5. The molecule has 1 aliphatic rings. The molecule has 0 radical (unpaired) electrons. The van der Waals surface area contributed by atoms with Crippen molar-refractivity contribution >= 4 is 16.9 Å². The second-order valence-corrected chi connectivity index (χ2v) is 5.50. The Morgan fingerprint density at radius 1 is 1.44 bits per heavy atom. The highest BCUT2D eigenvalue weighted by Crippen LogP contribution is 2.42. The Labute approximate surface area is 105 Å². The molecule has 6 nitrogen and oxygen atoms in total. The van der Waals surface area contributed by atoms with E-state index in [1.54, 1.807) is 10.9 Å². The number of nitrogens with one attached hydrogen (secondary N) is 1. The van der Waals surface area contributed by atoms with Gasteiger partial charge in [-0.1, -0.05) is 13.8 Å². The lowest BCUT2D eigenvalue weighted by molar-refractivity contribution is -0.0511. The lowest BCUT2D eigenvalue weighted by Gasteiger charge is -2.49. The standard InChI is InChI=1S/C12H17N5O/c1-12(2)8(4-9(12)18)16-10-7-5-15-17(3)11(7)14-6-13-10/h5-6,8-9,18H,4H2,1-3H3,(H,13,14,16). The minimum absolute atomic E-state index is 0.126. The molecule has 0 bridgehead atoms. The summed E-state index contributed by atoms with van der Waals surface area (Å²) in [5, 5.41) is 18.2. The van der Waals surface area contributed by atoms with E-state index in [1.165, 1.54) is 6.33 Å². The van der Waals surface area contributed by atoms with Crippen molar-refractivity contribution in [2.75, 3.05) is 5.32 Å². The van der Waals surface area contributed by atoms with Crippen LogP contribution >= 0.6 is 0 Å². The normalized spacial score (nSPS) is 26.0. The highest BCUT2D eigenvalue weighted by molar-refractivity contribution is 5.86. The van der Waals surface area contributed by atoms with Crippen LogP contribution in [0.1, 0.15) is 20.3 Å². The van der Waals surface area contributed by atoms with E-state index in [4.69, 9.17) is 0 Å². The van der Waals surface area contributed by atoms with Gasteiger partial charge in [0.1, 0.15) is 12.1 Å². The highest BCUT2D eigenvalue weighted by Gasteiger charge is 2.47. The summed E-state index contributed by atoms with van der Waals surface area (Å²) in [4.78, 5) is 8.48. The average Bonchev–Trinajstić information content (AvgIpc) is 2.72. The third-order valence-corrected chi connectivity index (χ3v) is 4.06. The fraction of sp³-hybridized carbons (Fsp3) is 0.583. The first-order valence-corrected chi connectivity index (χ1v) is 6.07. The molecule has 0 spiro atoms. The predicted octanol–water partition coefficient (Wildman–Crippen LogP) is 0.935. The van der Waals surface area contributed by atoms with Gasteiger partial charge < -0.3 is 10.4 Å². The van der Waals surface area contributed by atoms with E-state index >= 15 is 0 Å². The van der Waals surface area contributed by atoms with E-state index in [9.17, 15) is 5.11 Å². The van der Waals surface area contributed by atoms with Crippen LogP contribution in [0.15, 0.2) is 12.5 Å². The van der Waals surface area contributed by atoms with Gasteiger partial charge >= 0.3 is 0 Å². The summed E-state index contributed by atoms with van der Waals surface area (Å²) in [6, 6.07) is 0.228. The van der Waals surface area contributed by atoms with Crippen molar-refractivity contribution < 1.29 is 5.11 Å². The number of aliphatic hydroxyl groups excluding tert-OH is 1. The fourth-order valence-electron chi connectivity index (χ4n) is 2.39. The summed E-state index contributed by atoms with van der Waals surface area (Å²) in [5.41, 5.74) is 0.685. The Morgan fingerprint density at radius 2 is 2.22 bits per heavy atom. The van der Waals surface area contributed by atoms with Gasteiger partial charge in [0, 0.05) is 18.5 Å².